The molecule has 4 nitrogen and oxygen atoms in total. The van der Waals surface area contributed by atoms with Crippen LogP contribution in [0.25, 0.3) is 10.8 Å². The fourth-order valence-corrected chi connectivity index (χ4v) is 3.67. The Labute approximate surface area is 136 Å². The normalized spacial score (nSPS) is 14.3. The van der Waals surface area contributed by atoms with Gasteiger partial charge < -0.3 is 5.11 Å². The zero-order valence-electron chi connectivity index (χ0n) is 12.0. The number of rotatable bonds is 2. The third-order valence-corrected chi connectivity index (χ3v) is 4.78. The predicted octanol–water partition coefficient (Wildman–Crippen LogP) is 3.74. The van der Waals surface area contributed by atoms with E-state index in [9.17, 15) is 9.90 Å². The van der Waals surface area contributed by atoms with E-state index in [4.69, 9.17) is 0 Å². The highest BCUT2D eigenvalue weighted by molar-refractivity contribution is 8.15. The number of hydrazone groups is 1. The van der Waals surface area contributed by atoms with Crippen molar-refractivity contribution in [1.29, 1.82) is 0 Å². The Kier molecular flexibility index (Phi) is 3.28. The number of benzene rings is 3. The van der Waals surface area contributed by atoms with Crippen molar-refractivity contribution in [2.75, 3.05) is 0 Å². The minimum absolute atomic E-state index is 0.246. The van der Waals surface area contributed by atoms with Gasteiger partial charge in [0, 0.05) is 26.8 Å². The molecule has 0 unspecified atom stereocenters. The second kappa shape index (κ2) is 5.44. The Morgan fingerprint density at radius 3 is 2.65 bits per heavy atom. The second-order valence-corrected chi connectivity index (χ2v) is 6.17. The van der Waals surface area contributed by atoms with Crippen molar-refractivity contribution in [1.82, 2.24) is 5.43 Å². The number of phenols is 1. The summed E-state index contributed by atoms with van der Waals surface area (Å²) in [7, 11) is 0. The van der Waals surface area contributed by atoms with Gasteiger partial charge in [0.05, 0.1) is 0 Å². The molecule has 0 atom stereocenters. The van der Waals surface area contributed by atoms with Gasteiger partial charge >= 0.3 is 0 Å². The van der Waals surface area contributed by atoms with Crippen molar-refractivity contribution in [2.45, 2.75) is 4.90 Å². The largest absolute Gasteiger partial charge is 0.507 e. The number of nitrogens with zero attached hydrogens (tertiary/aromatic N) is 1. The molecule has 23 heavy (non-hydrogen) atoms. The van der Waals surface area contributed by atoms with Crippen molar-refractivity contribution in [3.05, 3.63) is 71.8 Å². The SMILES string of the molecule is O=C(NN=C1Sc2cccc3c(O)ccc1c23)c1ccccc1. The van der Waals surface area contributed by atoms with Gasteiger partial charge in [-0.3, -0.25) is 4.79 Å². The lowest BCUT2D eigenvalue weighted by molar-refractivity contribution is 0.0955. The van der Waals surface area contributed by atoms with Gasteiger partial charge in [0.25, 0.3) is 5.91 Å². The summed E-state index contributed by atoms with van der Waals surface area (Å²) >= 11 is 1.48. The van der Waals surface area contributed by atoms with Crippen LogP contribution >= 0.6 is 11.8 Å². The Hall–Kier alpha value is -2.79. The molecule has 0 aromatic heterocycles. The van der Waals surface area contributed by atoms with Crippen LogP contribution in [-0.2, 0) is 0 Å². The van der Waals surface area contributed by atoms with Crippen molar-refractivity contribution in [2.24, 2.45) is 5.10 Å². The van der Waals surface area contributed by atoms with Crippen molar-refractivity contribution < 1.29 is 9.90 Å². The Morgan fingerprint density at radius 2 is 1.83 bits per heavy atom. The Morgan fingerprint density at radius 1 is 1.00 bits per heavy atom. The van der Waals surface area contributed by atoms with E-state index in [1.807, 2.05) is 42.5 Å². The van der Waals surface area contributed by atoms with E-state index in [1.54, 1.807) is 18.2 Å². The summed E-state index contributed by atoms with van der Waals surface area (Å²) < 4.78 is 0. The summed E-state index contributed by atoms with van der Waals surface area (Å²) in [5.41, 5.74) is 4.09. The van der Waals surface area contributed by atoms with Crippen molar-refractivity contribution >= 4 is 33.5 Å². The van der Waals surface area contributed by atoms with Gasteiger partial charge in [-0.05, 0) is 30.3 Å². The van der Waals surface area contributed by atoms with E-state index in [0.717, 1.165) is 26.3 Å². The van der Waals surface area contributed by atoms with Gasteiger partial charge in [-0.1, -0.05) is 42.1 Å². The molecule has 1 amide bonds. The smallest absolute Gasteiger partial charge is 0.271 e. The summed E-state index contributed by atoms with van der Waals surface area (Å²) in [6, 6.07) is 18.2. The number of thioether (sulfide) groups is 1. The molecule has 0 bridgehead atoms. The van der Waals surface area contributed by atoms with Gasteiger partial charge in [-0.2, -0.15) is 5.10 Å². The monoisotopic (exact) mass is 320 g/mol. The first kappa shape index (κ1) is 13.8. The highest BCUT2D eigenvalue weighted by atomic mass is 32.2. The minimum Gasteiger partial charge on any atom is -0.507 e. The molecule has 1 heterocycles. The molecule has 5 heteroatoms. The van der Waals surface area contributed by atoms with E-state index in [0.29, 0.717) is 5.56 Å². The zero-order valence-corrected chi connectivity index (χ0v) is 12.8. The van der Waals surface area contributed by atoms with E-state index in [-0.39, 0.29) is 11.7 Å². The fourth-order valence-electron chi connectivity index (χ4n) is 2.62. The highest BCUT2D eigenvalue weighted by Gasteiger charge is 2.22. The number of phenolic OH excluding ortho intramolecular Hbond substituents is 1. The molecule has 2 N–H and O–H groups in total. The number of amides is 1. The van der Waals surface area contributed by atoms with Crippen LogP contribution in [-0.4, -0.2) is 16.1 Å². The maximum Gasteiger partial charge on any atom is 0.271 e. The van der Waals surface area contributed by atoms with Crippen LogP contribution in [0.2, 0.25) is 0 Å². The molecule has 3 aromatic rings. The number of carbonyl (C=O) groups excluding carboxylic acids is 1. The van der Waals surface area contributed by atoms with E-state index in [2.05, 4.69) is 10.5 Å². The Balaban J connectivity index is 1.69. The summed E-state index contributed by atoms with van der Waals surface area (Å²) in [5, 5.41) is 16.7. The van der Waals surface area contributed by atoms with Crippen LogP contribution in [0.3, 0.4) is 0 Å². The molecule has 0 saturated carbocycles. The lowest BCUT2D eigenvalue weighted by atomic mass is 10.0. The van der Waals surface area contributed by atoms with Crippen LogP contribution in [0.1, 0.15) is 15.9 Å². The van der Waals surface area contributed by atoms with Crippen molar-refractivity contribution in [3.8, 4) is 5.75 Å². The highest BCUT2D eigenvalue weighted by Crippen LogP contribution is 2.43. The average Bonchev–Trinajstić information content (AvgIpc) is 2.96. The molecule has 0 aliphatic carbocycles. The molecule has 4 rings (SSSR count). The van der Waals surface area contributed by atoms with Gasteiger partial charge in [-0.15, -0.1) is 0 Å². The molecule has 112 valence electrons. The lowest BCUT2D eigenvalue weighted by Gasteiger charge is -2.03. The summed E-state index contributed by atoms with van der Waals surface area (Å²) in [5.74, 6) is 0.00505. The molecule has 3 aromatic carbocycles. The summed E-state index contributed by atoms with van der Waals surface area (Å²) in [4.78, 5) is 13.1. The van der Waals surface area contributed by atoms with Crippen LogP contribution in [0.4, 0.5) is 0 Å². The molecule has 1 aliphatic heterocycles. The van der Waals surface area contributed by atoms with Crippen molar-refractivity contribution in [3.63, 3.8) is 0 Å². The van der Waals surface area contributed by atoms with Crippen LogP contribution in [0.15, 0.2) is 70.7 Å². The van der Waals surface area contributed by atoms with Gasteiger partial charge in [0.1, 0.15) is 10.8 Å². The van der Waals surface area contributed by atoms with E-state index < -0.39 is 0 Å². The number of nitrogens with one attached hydrogen (secondary N) is 1. The zero-order chi connectivity index (χ0) is 15.8. The van der Waals surface area contributed by atoms with Gasteiger partial charge in [-0.25, -0.2) is 5.43 Å². The second-order valence-electron chi connectivity index (χ2n) is 5.14. The average molecular weight is 320 g/mol. The molecule has 0 spiro atoms. The molecular weight excluding hydrogens is 308 g/mol. The molecule has 0 fully saturated rings. The fraction of sp³-hybridized carbons (Fsp3) is 0. The van der Waals surface area contributed by atoms with Crippen LogP contribution in [0.5, 0.6) is 5.75 Å². The summed E-state index contributed by atoms with van der Waals surface area (Å²) in [6.45, 7) is 0. The molecule has 1 aliphatic rings. The maximum atomic E-state index is 12.1. The number of hydrogen-bond acceptors (Lipinski definition) is 4. The predicted molar refractivity (Wildman–Crippen MR) is 91.9 cm³/mol. The van der Waals surface area contributed by atoms with Crippen LogP contribution < -0.4 is 5.43 Å². The quantitative estimate of drug-likeness (QED) is 0.707. The Bertz CT molecular complexity index is 952. The topological polar surface area (TPSA) is 61.7 Å². The maximum absolute atomic E-state index is 12.1. The number of carbonyl (C=O) groups is 1. The number of hydrogen-bond donors (Lipinski definition) is 2. The first-order chi connectivity index (χ1) is 11.2. The molecule has 0 radical (unpaired) electrons. The van der Waals surface area contributed by atoms with Gasteiger partial charge in [0.15, 0.2) is 0 Å². The first-order valence-corrected chi connectivity index (χ1v) is 7.92. The molecule has 0 saturated heterocycles. The third kappa shape index (κ3) is 2.35. The van der Waals surface area contributed by atoms with Crippen LogP contribution in [0, 0.1) is 0 Å². The third-order valence-electron chi connectivity index (χ3n) is 3.71. The van der Waals surface area contributed by atoms with E-state index in [1.165, 1.54) is 11.8 Å². The van der Waals surface area contributed by atoms with Gasteiger partial charge in [0.2, 0.25) is 0 Å². The first-order valence-electron chi connectivity index (χ1n) is 7.10. The number of aromatic hydroxyl groups is 1. The minimum atomic E-state index is -0.246. The van der Waals surface area contributed by atoms with E-state index >= 15 is 0 Å². The standard InChI is InChI=1S/C18H12N2O2S/c21-14-10-9-13-16-12(14)7-4-8-15(16)23-18(13)20-19-17(22)11-5-2-1-3-6-11/h1-10,21H,(H,19,22). The lowest BCUT2D eigenvalue weighted by Crippen LogP contribution is -2.18. The summed E-state index contributed by atoms with van der Waals surface area (Å²) in [6.07, 6.45) is 0. The molecular formula is C18H12N2O2S.